The molecule has 0 spiro atoms. The van der Waals surface area contributed by atoms with E-state index in [0.29, 0.717) is 23.4 Å². The molecular weight excluding hydrogens is 422 g/mol. The van der Waals surface area contributed by atoms with Crippen LogP contribution in [0.25, 0.3) is 10.8 Å². The zero-order valence-corrected chi connectivity index (χ0v) is 18.1. The molecule has 2 aromatic heterocycles. The van der Waals surface area contributed by atoms with E-state index in [1.165, 1.54) is 28.6 Å². The van der Waals surface area contributed by atoms with Gasteiger partial charge in [0.25, 0.3) is 11.1 Å². The summed E-state index contributed by atoms with van der Waals surface area (Å²) in [7, 11) is 0. The molecule has 0 saturated carbocycles. The zero-order chi connectivity index (χ0) is 20.5. The summed E-state index contributed by atoms with van der Waals surface area (Å²) in [6, 6.07) is 7.81. The lowest BCUT2D eigenvalue weighted by Gasteiger charge is -2.16. The van der Waals surface area contributed by atoms with Gasteiger partial charge in [0.05, 0.1) is 10.6 Å². The average Bonchev–Trinajstić information content (AvgIpc) is 3.48. The lowest BCUT2D eigenvalue weighted by atomic mass is 9.90. The molecule has 0 bridgehead atoms. The van der Waals surface area contributed by atoms with Crippen LogP contribution in [0.4, 0.5) is 0 Å². The fourth-order valence-electron chi connectivity index (χ4n) is 3.61. The molecule has 30 heavy (non-hydrogen) atoms. The number of nitrogens with zero attached hydrogens (tertiary/aromatic N) is 2. The Morgan fingerprint density at radius 2 is 2.17 bits per heavy atom. The number of amides is 1. The number of hydrogen-bond donors (Lipinski definition) is 1. The maximum Gasteiger partial charge on any atom is 0.277 e. The summed E-state index contributed by atoms with van der Waals surface area (Å²) in [5.41, 5.74) is 2.36. The highest BCUT2D eigenvalue weighted by Gasteiger charge is 2.21. The molecule has 156 valence electrons. The topological polar surface area (TPSA) is 86.5 Å². The Labute approximate surface area is 182 Å². The van der Waals surface area contributed by atoms with Gasteiger partial charge in [0.15, 0.2) is 11.5 Å². The molecule has 0 radical (unpaired) electrons. The van der Waals surface area contributed by atoms with E-state index in [1.54, 1.807) is 11.3 Å². The Hall–Kier alpha value is -2.52. The Balaban J connectivity index is 1.14. The van der Waals surface area contributed by atoms with Crippen molar-refractivity contribution in [1.29, 1.82) is 0 Å². The number of thiophene rings is 1. The number of rotatable bonds is 6. The smallest absolute Gasteiger partial charge is 0.277 e. The third-order valence-electron chi connectivity index (χ3n) is 5.20. The van der Waals surface area contributed by atoms with E-state index in [1.807, 2.05) is 18.2 Å². The van der Waals surface area contributed by atoms with Gasteiger partial charge in [0.1, 0.15) is 0 Å². The third-order valence-corrected chi connectivity index (χ3v) is 7.24. The minimum atomic E-state index is -0.0991. The summed E-state index contributed by atoms with van der Waals surface area (Å²) < 4.78 is 16.4. The number of hydrogen-bond acceptors (Lipinski definition) is 8. The van der Waals surface area contributed by atoms with E-state index in [4.69, 9.17) is 13.9 Å². The number of aromatic nitrogens is 2. The second-order valence-electron chi connectivity index (χ2n) is 7.53. The molecule has 5 rings (SSSR count). The van der Waals surface area contributed by atoms with E-state index < -0.39 is 0 Å². The molecule has 9 heteroatoms. The van der Waals surface area contributed by atoms with Gasteiger partial charge in [-0.05, 0) is 54.5 Å². The molecule has 1 aliphatic carbocycles. The standard InChI is InChI=1S/C21H21N3O4S2/c1-12-2-5-17-14(6-12)8-18(30-17)20-23-24-21(28-20)29-10-19(25)22-9-13-3-4-15-16(7-13)27-11-26-15/h3-4,7-8,12H,2,5-6,9-11H2,1H3,(H,22,25)/t12-/m1/s1. The van der Waals surface area contributed by atoms with E-state index in [9.17, 15) is 4.79 Å². The molecule has 0 unspecified atom stereocenters. The molecule has 3 heterocycles. The van der Waals surface area contributed by atoms with Crippen LogP contribution in [0.3, 0.4) is 0 Å². The van der Waals surface area contributed by atoms with Crippen LogP contribution in [-0.4, -0.2) is 28.7 Å². The van der Waals surface area contributed by atoms with Gasteiger partial charge in [0, 0.05) is 11.4 Å². The minimum absolute atomic E-state index is 0.0991. The van der Waals surface area contributed by atoms with Gasteiger partial charge in [-0.15, -0.1) is 21.5 Å². The molecule has 1 aromatic carbocycles. The van der Waals surface area contributed by atoms with Crippen molar-refractivity contribution in [2.24, 2.45) is 5.92 Å². The summed E-state index contributed by atoms with van der Waals surface area (Å²) >= 11 is 2.98. The molecule has 1 amide bonds. The van der Waals surface area contributed by atoms with Crippen LogP contribution < -0.4 is 14.8 Å². The second-order valence-corrected chi connectivity index (χ2v) is 9.60. The fraction of sp³-hybridized carbons (Fsp3) is 0.381. The maximum absolute atomic E-state index is 12.2. The van der Waals surface area contributed by atoms with Crippen LogP contribution >= 0.6 is 23.1 Å². The first-order valence-electron chi connectivity index (χ1n) is 9.87. The van der Waals surface area contributed by atoms with E-state index in [2.05, 4.69) is 28.5 Å². The Morgan fingerprint density at radius 1 is 1.27 bits per heavy atom. The van der Waals surface area contributed by atoms with Crippen molar-refractivity contribution >= 4 is 29.0 Å². The molecular formula is C21H21N3O4S2. The number of aryl methyl sites for hydroxylation is 1. The predicted molar refractivity (Wildman–Crippen MR) is 114 cm³/mol. The van der Waals surface area contributed by atoms with Crippen molar-refractivity contribution in [3.8, 4) is 22.3 Å². The number of ether oxygens (including phenoxy) is 2. The second kappa shape index (κ2) is 8.31. The van der Waals surface area contributed by atoms with E-state index >= 15 is 0 Å². The number of fused-ring (bicyclic) bond motifs is 2. The van der Waals surface area contributed by atoms with Crippen LogP contribution in [0.5, 0.6) is 11.5 Å². The lowest BCUT2D eigenvalue weighted by Crippen LogP contribution is -2.24. The summed E-state index contributed by atoms with van der Waals surface area (Å²) in [6.07, 6.45) is 3.48. The van der Waals surface area contributed by atoms with Crippen molar-refractivity contribution in [3.05, 3.63) is 40.3 Å². The van der Waals surface area contributed by atoms with Crippen molar-refractivity contribution in [2.75, 3.05) is 12.5 Å². The highest BCUT2D eigenvalue weighted by molar-refractivity contribution is 7.99. The molecule has 3 aromatic rings. The summed E-state index contributed by atoms with van der Waals surface area (Å²) in [4.78, 5) is 14.6. The first-order chi connectivity index (χ1) is 14.6. The molecule has 0 fully saturated rings. The molecule has 1 aliphatic heterocycles. The average molecular weight is 444 g/mol. The summed E-state index contributed by atoms with van der Waals surface area (Å²) in [5.74, 6) is 2.81. The first-order valence-corrected chi connectivity index (χ1v) is 11.7. The fourth-order valence-corrected chi connectivity index (χ4v) is 5.33. The van der Waals surface area contributed by atoms with Crippen LogP contribution in [0, 0.1) is 5.92 Å². The molecule has 7 nitrogen and oxygen atoms in total. The minimum Gasteiger partial charge on any atom is -0.454 e. The van der Waals surface area contributed by atoms with Crippen LogP contribution in [0.15, 0.2) is 33.9 Å². The number of nitrogens with one attached hydrogen (secondary N) is 1. The summed E-state index contributed by atoms with van der Waals surface area (Å²) in [6.45, 7) is 2.95. The number of carbonyl (C=O) groups excluding carboxylic acids is 1. The van der Waals surface area contributed by atoms with Crippen molar-refractivity contribution < 1.29 is 18.7 Å². The van der Waals surface area contributed by atoms with Gasteiger partial charge in [-0.3, -0.25) is 4.79 Å². The molecule has 0 saturated heterocycles. The van der Waals surface area contributed by atoms with E-state index in [-0.39, 0.29) is 18.5 Å². The van der Waals surface area contributed by atoms with Crippen molar-refractivity contribution in [2.45, 2.75) is 38.0 Å². The lowest BCUT2D eigenvalue weighted by molar-refractivity contribution is -0.118. The molecule has 1 N–H and O–H groups in total. The zero-order valence-electron chi connectivity index (χ0n) is 16.5. The van der Waals surface area contributed by atoms with E-state index in [0.717, 1.165) is 34.9 Å². The quantitative estimate of drug-likeness (QED) is 0.575. The normalized spacial score (nSPS) is 17.0. The number of thioether (sulfide) groups is 1. The van der Waals surface area contributed by atoms with Crippen LogP contribution in [0.1, 0.15) is 29.3 Å². The van der Waals surface area contributed by atoms with Gasteiger partial charge in [0.2, 0.25) is 12.7 Å². The molecule has 2 aliphatic rings. The third kappa shape index (κ3) is 4.17. The monoisotopic (exact) mass is 443 g/mol. The van der Waals surface area contributed by atoms with Crippen molar-refractivity contribution in [1.82, 2.24) is 15.5 Å². The largest absolute Gasteiger partial charge is 0.454 e. The highest BCUT2D eigenvalue weighted by Crippen LogP contribution is 2.37. The Bertz CT molecular complexity index is 1080. The van der Waals surface area contributed by atoms with Gasteiger partial charge in [-0.25, -0.2) is 0 Å². The van der Waals surface area contributed by atoms with Crippen LogP contribution in [0.2, 0.25) is 0 Å². The van der Waals surface area contributed by atoms with Crippen LogP contribution in [-0.2, 0) is 24.2 Å². The van der Waals surface area contributed by atoms with Gasteiger partial charge in [-0.1, -0.05) is 24.8 Å². The Kier molecular flexibility index (Phi) is 5.39. The maximum atomic E-state index is 12.2. The SMILES string of the molecule is C[C@@H]1CCc2sc(-c3nnc(SCC(=O)NCc4ccc5c(c4)OCO5)o3)cc2C1. The predicted octanol–water partition coefficient (Wildman–Crippen LogP) is 4.06. The summed E-state index contributed by atoms with van der Waals surface area (Å²) in [5, 5.41) is 11.6. The highest BCUT2D eigenvalue weighted by atomic mass is 32.2. The number of carbonyl (C=O) groups is 1. The van der Waals surface area contributed by atoms with Gasteiger partial charge in [-0.2, -0.15) is 0 Å². The molecule has 1 atom stereocenters. The first kappa shape index (κ1) is 19.4. The Morgan fingerprint density at radius 3 is 3.10 bits per heavy atom. The van der Waals surface area contributed by atoms with Crippen molar-refractivity contribution in [3.63, 3.8) is 0 Å². The number of benzene rings is 1. The van der Waals surface area contributed by atoms with Gasteiger partial charge >= 0.3 is 0 Å². The van der Waals surface area contributed by atoms with Gasteiger partial charge < -0.3 is 19.2 Å².